The van der Waals surface area contributed by atoms with Crippen LogP contribution in [0.2, 0.25) is 0 Å². The maximum absolute atomic E-state index is 3.47. The molecule has 0 bridgehead atoms. The van der Waals surface area contributed by atoms with Gasteiger partial charge in [0.1, 0.15) is 0 Å². The van der Waals surface area contributed by atoms with Gasteiger partial charge in [0, 0.05) is 5.56 Å². The molecule has 0 spiro atoms. The van der Waals surface area contributed by atoms with Gasteiger partial charge in [0.15, 0.2) is 0 Å². The van der Waals surface area contributed by atoms with Crippen molar-refractivity contribution in [3.05, 3.63) is 71.8 Å². The molecule has 0 aliphatic carbocycles. The van der Waals surface area contributed by atoms with E-state index >= 15 is 0 Å². The van der Waals surface area contributed by atoms with Crippen molar-refractivity contribution in [2.45, 2.75) is 18.9 Å². The van der Waals surface area contributed by atoms with Gasteiger partial charge in [-0.1, -0.05) is 60.4 Å². The fourth-order valence-corrected chi connectivity index (χ4v) is 2.69. The molecular formula is C19H19N. The Hall–Kier alpha value is -2.04. The Morgan fingerprint density at radius 1 is 0.800 bits per heavy atom. The zero-order valence-electron chi connectivity index (χ0n) is 11.6. The number of hydrogen-bond acceptors (Lipinski definition) is 1. The van der Waals surface area contributed by atoms with Crippen molar-refractivity contribution in [2.24, 2.45) is 0 Å². The normalized spacial score (nSPS) is 16.4. The summed E-state index contributed by atoms with van der Waals surface area (Å²) in [4.78, 5) is 2.49. The Kier molecular flexibility index (Phi) is 4.16. The van der Waals surface area contributed by atoms with Crippen molar-refractivity contribution in [1.82, 2.24) is 4.90 Å². The predicted molar refractivity (Wildman–Crippen MR) is 83.3 cm³/mol. The van der Waals surface area contributed by atoms with Crippen molar-refractivity contribution < 1.29 is 0 Å². The minimum atomic E-state index is 0.221. The van der Waals surface area contributed by atoms with Crippen LogP contribution in [-0.4, -0.2) is 18.0 Å². The molecule has 0 amide bonds. The van der Waals surface area contributed by atoms with E-state index in [0.717, 1.165) is 18.7 Å². The van der Waals surface area contributed by atoms with Crippen molar-refractivity contribution in [3.63, 3.8) is 0 Å². The van der Waals surface area contributed by atoms with E-state index in [2.05, 4.69) is 59.2 Å². The molecule has 3 rings (SSSR count). The quantitative estimate of drug-likeness (QED) is 0.742. The Morgan fingerprint density at radius 2 is 1.40 bits per heavy atom. The summed E-state index contributed by atoms with van der Waals surface area (Å²) in [6, 6.07) is 21.1. The Balaban J connectivity index is 1.88. The van der Waals surface area contributed by atoms with Crippen LogP contribution in [-0.2, 0) is 0 Å². The standard InChI is InChI=1S/C19H19N/c1-3-9-17(10-4-1)13-14-19(20-15-7-8-16-20)18-11-5-2-6-12-18/h1-6,9-12,19H,7-8,15-16H2. The highest BCUT2D eigenvalue weighted by atomic mass is 15.2. The van der Waals surface area contributed by atoms with Crippen molar-refractivity contribution >= 4 is 0 Å². The summed E-state index contributed by atoms with van der Waals surface area (Å²) in [7, 11) is 0. The van der Waals surface area contributed by atoms with E-state index in [1.54, 1.807) is 0 Å². The second-order valence-electron chi connectivity index (χ2n) is 5.19. The Bertz CT molecular complexity index is 586. The lowest BCUT2D eigenvalue weighted by Gasteiger charge is -2.23. The first-order chi connectivity index (χ1) is 9.93. The highest BCUT2D eigenvalue weighted by molar-refractivity contribution is 5.37. The van der Waals surface area contributed by atoms with Crippen LogP contribution < -0.4 is 0 Å². The van der Waals surface area contributed by atoms with E-state index in [1.807, 2.05) is 18.2 Å². The first-order valence-corrected chi connectivity index (χ1v) is 7.29. The summed E-state index contributed by atoms with van der Waals surface area (Å²) in [5.41, 5.74) is 2.39. The van der Waals surface area contributed by atoms with Crippen LogP contribution in [0.4, 0.5) is 0 Å². The van der Waals surface area contributed by atoms with E-state index in [1.165, 1.54) is 18.4 Å². The zero-order chi connectivity index (χ0) is 13.6. The highest BCUT2D eigenvalue weighted by Gasteiger charge is 2.21. The monoisotopic (exact) mass is 261 g/mol. The summed E-state index contributed by atoms with van der Waals surface area (Å²) < 4.78 is 0. The third kappa shape index (κ3) is 3.10. The van der Waals surface area contributed by atoms with Gasteiger partial charge >= 0.3 is 0 Å². The molecule has 0 saturated carbocycles. The molecule has 1 nitrogen and oxygen atoms in total. The molecule has 1 fully saturated rings. The van der Waals surface area contributed by atoms with Gasteiger partial charge in [-0.25, -0.2) is 0 Å². The zero-order valence-corrected chi connectivity index (χ0v) is 11.6. The van der Waals surface area contributed by atoms with Gasteiger partial charge < -0.3 is 0 Å². The molecule has 1 unspecified atom stereocenters. The molecule has 2 aromatic carbocycles. The molecule has 0 aromatic heterocycles. The first kappa shape index (κ1) is 13.0. The number of rotatable bonds is 2. The lowest BCUT2D eigenvalue weighted by molar-refractivity contribution is 0.296. The molecule has 1 heteroatoms. The lowest BCUT2D eigenvalue weighted by atomic mass is 10.1. The third-order valence-corrected chi connectivity index (χ3v) is 3.75. The number of likely N-dealkylation sites (tertiary alicyclic amines) is 1. The van der Waals surface area contributed by atoms with E-state index < -0.39 is 0 Å². The molecule has 20 heavy (non-hydrogen) atoms. The molecule has 1 atom stereocenters. The van der Waals surface area contributed by atoms with Gasteiger partial charge in [0.25, 0.3) is 0 Å². The van der Waals surface area contributed by atoms with Gasteiger partial charge in [-0.05, 0) is 43.6 Å². The number of benzene rings is 2. The van der Waals surface area contributed by atoms with Crippen LogP contribution in [0.15, 0.2) is 60.7 Å². The fourth-order valence-electron chi connectivity index (χ4n) is 2.69. The predicted octanol–water partition coefficient (Wildman–Crippen LogP) is 3.88. The van der Waals surface area contributed by atoms with Crippen molar-refractivity contribution in [1.29, 1.82) is 0 Å². The van der Waals surface area contributed by atoms with Gasteiger partial charge in [0.2, 0.25) is 0 Å². The molecule has 1 heterocycles. The minimum Gasteiger partial charge on any atom is -0.286 e. The third-order valence-electron chi connectivity index (χ3n) is 3.75. The van der Waals surface area contributed by atoms with E-state index in [4.69, 9.17) is 0 Å². The summed E-state index contributed by atoms with van der Waals surface area (Å²) in [6.07, 6.45) is 2.58. The van der Waals surface area contributed by atoms with Crippen molar-refractivity contribution in [2.75, 3.05) is 13.1 Å². The Morgan fingerprint density at radius 3 is 2.05 bits per heavy atom. The maximum Gasteiger partial charge on any atom is 0.0974 e. The molecule has 1 saturated heterocycles. The van der Waals surface area contributed by atoms with Gasteiger partial charge in [-0.2, -0.15) is 0 Å². The minimum absolute atomic E-state index is 0.221. The summed E-state index contributed by atoms with van der Waals surface area (Å²) in [6.45, 7) is 2.31. The average molecular weight is 261 g/mol. The smallest absolute Gasteiger partial charge is 0.0974 e. The van der Waals surface area contributed by atoms with E-state index in [9.17, 15) is 0 Å². The maximum atomic E-state index is 3.47. The SMILES string of the molecule is C(#CC(c1ccccc1)N1CCCC1)c1ccccc1. The Labute approximate surface area is 121 Å². The molecule has 0 N–H and O–H groups in total. The van der Waals surface area contributed by atoms with Crippen LogP contribution in [0.5, 0.6) is 0 Å². The molecular weight excluding hydrogens is 242 g/mol. The van der Waals surface area contributed by atoms with E-state index in [-0.39, 0.29) is 6.04 Å². The van der Waals surface area contributed by atoms with E-state index in [0.29, 0.717) is 0 Å². The van der Waals surface area contributed by atoms with Gasteiger partial charge in [0.05, 0.1) is 6.04 Å². The summed E-state index contributed by atoms with van der Waals surface area (Å²) >= 11 is 0. The van der Waals surface area contributed by atoms with Crippen LogP contribution in [0, 0.1) is 11.8 Å². The second kappa shape index (κ2) is 6.41. The van der Waals surface area contributed by atoms with Crippen LogP contribution >= 0.6 is 0 Å². The molecule has 1 aliphatic rings. The second-order valence-corrected chi connectivity index (χ2v) is 5.19. The highest BCUT2D eigenvalue weighted by Crippen LogP contribution is 2.24. The topological polar surface area (TPSA) is 3.24 Å². The fraction of sp³-hybridized carbons (Fsp3) is 0.263. The van der Waals surface area contributed by atoms with Crippen LogP contribution in [0.1, 0.15) is 30.0 Å². The van der Waals surface area contributed by atoms with Crippen LogP contribution in [0.3, 0.4) is 0 Å². The van der Waals surface area contributed by atoms with Crippen molar-refractivity contribution in [3.8, 4) is 11.8 Å². The summed E-state index contributed by atoms with van der Waals surface area (Å²) in [5, 5.41) is 0. The first-order valence-electron chi connectivity index (χ1n) is 7.29. The molecule has 100 valence electrons. The molecule has 0 radical (unpaired) electrons. The molecule has 1 aliphatic heterocycles. The largest absolute Gasteiger partial charge is 0.286 e. The van der Waals surface area contributed by atoms with Gasteiger partial charge in [-0.3, -0.25) is 4.90 Å². The van der Waals surface area contributed by atoms with Gasteiger partial charge in [-0.15, -0.1) is 0 Å². The number of hydrogen-bond donors (Lipinski definition) is 0. The summed E-state index contributed by atoms with van der Waals surface area (Å²) in [5.74, 6) is 6.80. The molecule has 2 aromatic rings. The lowest BCUT2D eigenvalue weighted by Crippen LogP contribution is -2.24. The number of nitrogens with zero attached hydrogens (tertiary/aromatic N) is 1. The average Bonchev–Trinajstić information content (AvgIpc) is 3.04. The van der Waals surface area contributed by atoms with Crippen LogP contribution in [0.25, 0.3) is 0 Å².